The molecule has 0 unspecified atom stereocenters. The van der Waals surface area contributed by atoms with Crippen molar-refractivity contribution in [2.24, 2.45) is 5.11 Å². The maximum atomic E-state index is 12.1. The predicted molar refractivity (Wildman–Crippen MR) is 76.7 cm³/mol. The Hall–Kier alpha value is -2.20. The van der Waals surface area contributed by atoms with Crippen molar-refractivity contribution in [3.63, 3.8) is 0 Å². The molecule has 7 heteroatoms. The Morgan fingerprint density at radius 2 is 1.75 bits per heavy atom. The van der Waals surface area contributed by atoms with Gasteiger partial charge in [0.1, 0.15) is 0 Å². The summed E-state index contributed by atoms with van der Waals surface area (Å²) in [4.78, 5) is 14.7. The zero-order valence-corrected chi connectivity index (χ0v) is 11.5. The number of para-hydroxylation sites is 1. The molecule has 0 aliphatic rings. The Labute approximate surface area is 124 Å². The number of ether oxygens (including phenoxy) is 1. The van der Waals surface area contributed by atoms with Crippen molar-refractivity contribution < 1.29 is 9.53 Å². The quantitative estimate of drug-likeness (QED) is 0.258. The van der Waals surface area contributed by atoms with Gasteiger partial charge in [-0.05, 0) is 23.7 Å². The van der Waals surface area contributed by atoms with Crippen LogP contribution >= 0.6 is 23.2 Å². The number of hydrogen-bond acceptors (Lipinski definition) is 3. The molecular formula is C13H7Cl2N3O2. The van der Waals surface area contributed by atoms with Gasteiger partial charge in [0, 0.05) is 4.91 Å². The van der Waals surface area contributed by atoms with Gasteiger partial charge < -0.3 is 4.74 Å². The standard InChI is InChI=1S/C13H7Cl2N3O2/c14-9-5-3-6-10(15)12(9)20-13(19)8-4-1-2-7-11(8)17-18-16/h1-7H. The second-order valence-electron chi connectivity index (χ2n) is 3.65. The predicted octanol–water partition coefficient (Wildman–Crippen LogP) is 5.15. The third kappa shape index (κ3) is 3.03. The minimum Gasteiger partial charge on any atom is -0.420 e. The molecule has 0 aliphatic carbocycles. The monoisotopic (exact) mass is 307 g/mol. The summed E-state index contributed by atoms with van der Waals surface area (Å²) < 4.78 is 5.16. The van der Waals surface area contributed by atoms with E-state index in [0.717, 1.165) is 0 Å². The van der Waals surface area contributed by atoms with E-state index in [1.165, 1.54) is 12.1 Å². The number of azide groups is 1. The van der Waals surface area contributed by atoms with E-state index < -0.39 is 5.97 Å². The Balaban J connectivity index is 2.36. The van der Waals surface area contributed by atoms with Crippen molar-refractivity contribution in [2.75, 3.05) is 0 Å². The second kappa shape index (κ2) is 6.30. The molecule has 0 saturated carbocycles. The Morgan fingerprint density at radius 1 is 1.10 bits per heavy atom. The third-order valence-corrected chi connectivity index (χ3v) is 2.99. The highest BCUT2D eigenvalue weighted by molar-refractivity contribution is 6.37. The van der Waals surface area contributed by atoms with Crippen molar-refractivity contribution in [2.45, 2.75) is 0 Å². The number of hydrogen-bond donors (Lipinski definition) is 0. The molecule has 0 aliphatic heterocycles. The van der Waals surface area contributed by atoms with Crippen LogP contribution < -0.4 is 4.74 Å². The van der Waals surface area contributed by atoms with Gasteiger partial charge in [0.2, 0.25) is 0 Å². The normalized spacial score (nSPS) is 9.70. The molecule has 0 atom stereocenters. The van der Waals surface area contributed by atoms with Crippen molar-refractivity contribution in [3.05, 3.63) is 68.5 Å². The summed E-state index contributed by atoms with van der Waals surface area (Å²) in [5.74, 6) is -0.639. The lowest BCUT2D eigenvalue weighted by atomic mass is 10.2. The average molecular weight is 308 g/mol. The minimum absolute atomic E-state index is 0.0663. The highest BCUT2D eigenvalue weighted by Gasteiger charge is 2.16. The van der Waals surface area contributed by atoms with E-state index in [9.17, 15) is 4.79 Å². The fourth-order valence-electron chi connectivity index (χ4n) is 1.51. The van der Waals surface area contributed by atoms with Crippen LogP contribution in [-0.4, -0.2) is 5.97 Å². The fraction of sp³-hybridized carbons (Fsp3) is 0. The molecule has 0 spiro atoms. The van der Waals surface area contributed by atoms with E-state index in [1.807, 2.05) is 0 Å². The van der Waals surface area contributed by atoms with Gasteiger partial charge >= 0.3 is 5.97 Å². The number of esters is 1. The van der Waals surface area contributed by atoms with Crippen LogP contribution in [0.2, 0.25) is 10.0 Å². The molecule has 0 amide bonds. The summed E-state index contributed by atoms with van der Waals surface area (Å²) in [5, 5.41) is 3.86. The Kier molecular flexibility index (Phi) is 4.48. The molecule has 100 valence electrons. The van der Waals surface area contributed by atoms with E-state index in [0.29, 0.717) is 0 Å². The van der Waals surface area contributed by atoms with Crippen LogP contribution in [0.4, 0.5) is 5.69 Å². The van der Waals surface area contributed by atoms with Gasteiger partial charge in [-0.15, -0.1) is 0 Å². The molecule has 0 fully saturated rings. The van der Waals surface area contributed by atoms with Crippen molar-refractivity contribution in [3.8, 4) is 5.75 Å². The maximum Gasteiger partial charge on any atom is 0.344 e. The van der Waals surface area contributed by atoms with Gasteiger partial charge in [0.25, 0.3) is 0 Å². The van der Waals surface area contributed by atoms with E-state index >= 15 is 0 Å². The topological polar surface area (TPSA) is 75.1 Å². The highest BCUT2D eigenvalue weighted by Crippen LogP contribution is 2.33. The second-order valence-corrected chi connectivity index (χ2v) is 4.46. The number of halogens is 2. The maximum absolute atomic E-state index is 12.1. The van der Waals surface area contributed by atoms with Crippen LogP contribution in [0.15, 0.2) is 47.6 Å². The molecule has 0 saturated heterocycles. The van der Waals surface area contributed by atoms with Crippen LogP contribution in [0.3, 0.4) is 0 Å². The average Bonchev–Trinajstić information content (AvgIpc) is 2.44. The summed E-state index contributed by atoms with van der Waals surface area (Å²) in [6.07, 6.45) is 0. The number of benzene rings is 2. The molecule has 0 N–H and O–H groups in total. The SMILES string of the molecule is [N-]=[N+]=Nc1ccccc1C(=O)Oc1c(Cl)cccc1Cl. The molecule has 5 nitrogen and oxygen atoms in total. The van der Waals surface area contributed by atoms with Crippen molar-refractivity contribution >= 4 is 34.9 Å². The van der Waals surface area contributed by atoms with Crippen LogP contribution in [-0.2, 0) is 0 Å². The van der Waals surface area contributed by atoms with Gasteiger partial charge in [0.05, 0.1) is 21.3 Å². The van der Waals surface area contributed by atoms with Crippen LogP contribution in [0.25, 0.3) is 10.4 Å². The van der Waals surface area contributed by atoms with E-state index in [4.69, 9.17) is 33.5 Å². The number of rotatable bonds is 3. The summed E-state index contributed by atoms with van der Waals surface area (Å²) in [6.45, 7) is 0. The van der Waals surface area contributed by atoms with Crippen LogP contribution in [0.1, 0.15) is 10.4 Å². The van der Waals surface area contributed by atoms with Gasteiger partial charge in [0.15, 0.2) is 5.75 Å². The Bertz CT molecular complexity index is 692. The first-order chi connectivity index (χ1) is 9.63. The van der Waals surface area contributed by atoms with E-state index in [2.05, 4.69) is 10.0 Å². The molecule has 0 aromatic heterocycles. The van der Waals surface area contributed by atoms with E-state index in [-0.39, 0.29) is 27.0 Å². The fourth-order valence-corrected chi connectivity index (χ4v) is 1.98. The molecule has 2 aromatic rings. The van der Waals surface area contributed by atoms with Crippen LogP contribution in [0, 0.1) is 0 Å². The molecular weight excluding hydrogens is 301 g/mol. The summed E-state index contributed by atoms with van der Waals surface area (Å²) >= 11 is 11.8. The lowest BCUT2D eigenvalue weighted by Gasteiger charge is -2.09. The largest absolute Gasteiger partial charge is 0.420 e. The lowest BCUT2D eigenvalue weighted by Crippen LogP contribution is -2.09. The van der Waals surface area contributed by atoms with Gasteiger partial charge in [-0.25, -0.2) is 4.79 Å². The smallest absolute Gasteiger partial charge is 0.344 e. The zero-order chi connectivity index (χ0) is 14.5. The van der Waals surface area contributed by atoms with Crippen molar-refractivity contribution in [1.82, 2.24) is 0 Å². The van der Waals surface area contributed by atoms with Crippen LogP contribution in [0.5, 0.6) is 5.75 Å². The highest BCUT2D eigenvalue weighted by atomic mass is 35.5. The molecule has 0 radical (unpaired) electrons. The zero-order valence-electron chi connectivity index (χ0n) is 9.96. The molecule has 20 heavy (non-hydrogen) atoms. The summed E-state index contributed by atoms with van der Waals surface area (Å²) in [5.41, 5.74) is 8.76. The molecule has 2 rings (SSSR count). The van der Waals surface area contributed by atoms with E-state index in [1.54, 1.807) is 30.3 Å². The first kappa shape index (κ1) is 14.2. The van der Waals surface area contributed by atoms with Gasteiger partial charge in [-0.1, -0.05) is 52.6 Å². The van der Waals surface area contributed by atoms with Gasteiger partial charge in [-0.3, -0.25) is 0 Å². The van der Waals surface area contributed by atoms with Gasteiger partial charge in [-0.2, -0.15) is 0 Å². The number of nitrogens with zero attached hydrogens (tertiary/aromatic N) is 3. The third-order valence-electron chi connectivity index (χ3n) is 2.39. The Morgan fingerprint density at radius 3 is 2.40 bits per heavy atom. The first-order valence-corrected chi connectivity index (χ1v) is 6.19. The first-order valence-electron chi connectivity index (χ1n) is 5.44. The number of carbonyl (C=O) groups excluding carboxylic acids is 1. The minimum atomic E-state index is -0.706. The summed E-state index contributed by atoms with van der Waals surface area (Å²) in [7, 11) is 0. The van der Waals surface area contributed by atoms with Crippen molar-refractivity contribution in [1.29, 1.82) is 0 Å². The molecule has 2 aromatic carbocycles. The molecule has 0 heterocycles. The lowest BCUT2D eigenvalue weighted by molar-refractivity contribution is 0.0736. The molecule has 0 bridgehead atoms. The number of carbonyl (C=O) groups is 1. The summed E-state index contributed by atoms with van der Waals surface area (Å²) in [6, 6.07) is 11.0.